The van der Waals surface area contributed by atoms with Gasteiger partial charge in [0, 0.05) is 12.7 Å². The monoisotopic (exact) mass is 300 g/mol. The molecule has 1 spiro atoms. The van der Waals surface area contributed by atoms with Gasteiger partial charge >= 0.3 is 6.09 Å². The van der Waals surface area contributed by atoms with Crippen molar-refractivity contribution in [3.05, 3.63) is 24.8 Å². The summed E-state index contributed by atoms with van der Waals surface area (Å²) in [6.07, 6.45) is 9.31. The van der Waals surface area contributed by atoms with Crippen LogP contribution in [0.25, 0.3) is 11.0 Å². The van der Waals surface area contributed by atoms with E-state index in [2.05, 4.69) is 33.0 Å². The number of hydrogen-bond donors (Lipinski definition) is 1. The summed E-state index contributed by atoms with van der Waals surface area (Å²) in [6, 6.07) is 2.02. The average molecular weight is 300 g/mol. The van der Waals surface area contributed by atoms with Crippen molar-refractivity contribution >= 4 is 17.1 Å². The minimum Gasteiger partial charge on any atom is -0.441 e. The molecule has 1 N–H and O–H groups in total. The number of alkyl carbamates (subject to hydrolysis) is 1. The average Bonchev–Trinajstić information content (AvgIpc) is 3.03. The fourth-order valence-electron chi connectivity index (χ4n) is 4.14. The van der Waals surface area contributed by atoms with E-state index >= 15 is 0 Å². The lowest BCUT2D eigenvalue weighted by Crippen LogP contribution is -2.44. The molecule has 2 aromatic rings. The van der Waals surface area contributed by atoms with Crippen molar-refractivity contribution in [2.24, 2.45) is 5.41 Å². The van der Waals surface area contributed by atoms with Crippen molar-refractivity contribution in [2.45, 2.75) is 44.8 Å². The summed E-state index contributed by atoms with van der Waals surface area (Å²) in [6.45, 7) is 3.82. The Morgan fingerprint density at radius 1 is 1.45 bits per heavy atom. The first-order valence-corrected chi connectivity index (χ1v) is 7.79. The molecule has 0 aromatic carbocycles. The Bertz CT molecular complexity index is 728. The second kappa shape index (κ2) is 4.69. The molecule has 2 fully saturated rings. The number of carbonyl (C=O) groups excluding carboxylic acids is 1. The molecule has 116 valence electrons. The predicted octanol–water partition coefficient (Wildman–Crippen LogP) is 2.49. The smallest absolute Gasteiger partial charge is 0.407 e. The van der Waals surface area contributed by atoms with Crippen LogP contribution in [0.5, 0.6) is 0 Å². The van der Waals surface area contributed by atoms with Crippen LogP contribution >= 0.6 is 0 Å². The van der Waals surface area contributed by atoms with Crippen LogP contribution in [0, 0.1) is 5.41 Å². The second-order valence-corrected chi connectivity index (χ2v) is 7.00. The summed E-state index contributed by atoms with van der Waals surface area (Å²) in [5, 5.41) is 2.82. The maximum Gasteiger partial charge on any atom is 0.407 e. The number of nitrogens with zero attached hydrogens (tertiary/aromatic N) is 3. The number of amides is 1. The third kappa shape index (κ3) is 2.23. The summed E-state index contributed by atoms with van der Waals surface area (Å²) in [5.74, 6) is 0. The quantitative estimate of drug-likeness (QED) is 0.925. The van der Waals surface area contributed by atoms with Crippen LogP contribution in [0.1, 0.15) is 32.6 Å². The number of fused-ring (bicyclic) bond motifs is 1. The third-order valence-electron chi connectivity index (χ3n) is 5.02. The maximum absolute atomic E-state index is 11.5. The van der Waals surface area contributed by atoms with Gasteiger partial charge in [-0.25, -0.2) is 14.8 Å². The van der Waals surface area contributed by atoms with Gasteiger partial charge in [0.15, 0.2) is 0 Å². The van der Waals surface area contributed by atoms with Gasteiger partial charge in [0.05, 0.1) is 23.8 Å². The van der Waals surface area contributed by atoms with Gasteiger partial charge in [0.25, 0.3) is 0 Å². The molecule has 6 nitrogen and oxygen atoms in total. The highest BCUT2D eigenvalue weighted by Gasteiger charge is 2.48. The SMILES string of the molecule is C[C@]1(Cn2ccc3ncncc32)CCCC2(CNC(=O)O2)C1. The summed E-state index contributed by atoms with van der Waals surface area (Å²) in [5.41, 5.74) is 1.82. The molecule has 0 bridgehead atoms. The summed E-state index contributed by atoms with van der Waals surface area (Å²) < 4.78 is 7.83. The number of carbonyl (C=O) groups is 1. The lowest BCUT2D eigenvalue weighted by molar-refractivity contribution is -0.0264. The van der Waals surface area contributed by atoms with E-state index in [0.29, 0.717) is 6.54 Å². The van der Waals surface area contributed by atoms with Crippen LogP contribution in [0.2, 0.25) is 0 Å². The summed E-state index contributed by atoms with van der Waals surface area (Å²) in [7, 11) is 0. The van der Waals surface area contributed by atoms with Crippen LogP contribution in [0.15, 0.2) is 24.8 Å². The van der Waals surface area contributed by atoms with E-state index in [1.807, 2.05) is 12.3 Å². The van der Waals surface area contributed by atoms with Gasteiger partial charge in [-0.15, -0.1) is 0 Å². The molecule has 2 aliphatic rings. The Morgan fingerprint density at radius 3 is 3.18 bits per heavy atom. The Balaban J connectivity index is 1.60. The van der Waals surface area contributed by atoms with E-state index in [9.17, 15) is 4.79 Å². The minimum atomic E-state index is -0.316. The van der Waals surface area contributed by atoms with Gasteiger partial charge < -0.3 is 14.6 Å². The fourth-order valence-corrected chi connectivity index (χ4v) is 4.14. The molecule has 3 heterocycles. The van der Waals surface area contributed by atoms with Crippen molar-refractivity contribution in [3.63, 3.8) is 0 Å². The Hall–Kier alpha value is -2.11. The van der Waals surface area contributed by atoms with E-state index in [4.69, 9.17) is 4.74 Å². The van der Waals surface area contributed by atoms with E-state index in [-0.39, 0.29) is 17.1 Å². The Kier molecular flexibility index (Phi) is 2.89. The second-order valence-electron chi connectivity index (χ2n) is 7.00. The molecular weight excluding hydrogens is 280 g/mol. The summed E-state index contributed by atoms with van der Waals surface area (Å²) >= 11 is 0. The highest BCUT2D eigenvalue weighted by Crippen LogP contribution is 2.45. The molecule has 2 atom stereocenters. The van der Waals surface area contributed by atoms with Crippen molar-refractivity contribution in [2.75, 3.05) is 6.54 Å². The molecule has 1 saturated heterocycles. The highest BCUT2D eigenvalue weighted by molar-refractivity contribution is 5.74. The standard InChI is InChI=1S/C16H20N4O2/c1-15(4-2-5-16(8-15)9-18-14(21)22-16)10-20-6-3-12-13(20)7-17-11-19-12/h3,6-7,11H,2,4-5,8-10H2,1H3,(H,18,21)/t15-,16?/m0/s1. The van der Waals surface area contributed by atoms with E-state index in [0.717, 1.165) is 43.3 Å². The topological polar surface area (TPSA) is 69.0 Å². The van der Waals surface area contributed by atoms with E-state index in [1.165, 1.54) is 0 Å². The van der Waals surface area contributed by atoms with Crippen LogP contribution in [-0.4, -0.2) is 32.8 Å². The molecule has 1 amide bonds. The van der Waals surface area contributed by atoms with Crippen LogP contribution in [0.3, 0.4) is 0 Å². The number of nitrogens with one attached hydrogen (secondary N) is 1. The van der Waals surface area contributed by atoms with Gasteiger partial charge in [0.2, 0.25) is 0 Å². The van der Waals surface area contributed by atoms with Crippen molar-refractivity contribution in [1.82, 2.24) is 19.9 Å². The maximum atomic E-state index is 11.5. The molecule has 1 aliphatic heterocycles. The molecule has 22 heavy (non-hydrogen) atoms. The van der Waals surface area contributed by atoms with E-state index in [1.54, 1.807) is 6.33 Å². The fraction of sp³-hybridized carbons (Fsp3) is 0.562. The first-order valence-electron chi connectivity index (χ1n) is 7.79. The zero-order valence-corrected chi connectivity index (χ0v) is 12.7. The molecule has 4 rings (SSSR count). The zero-order valence-electron chi connectivity index (χ0n) is 12.7. The van der Waals surface area contributed by atoms with Crippen molar-refractivity contribution < 1.29 is 9.53 Å². The third-order valence-corrected chi connectivity index (χ3v) is 5.02. The molecule has 2 aromatic heterocycles. The molecule has 1 aliphatic carbocycles. The van der Waals surface area contributed by atoms with E-state index < -0.39 is 0 Å². The molecular formula is C16H20N4O2. The zero-order chi connectivity index (χ0) is 15.2. The number of aromatic nitrogens is 3. The number of rotatable bonds is 2. The van der Waals surface area contributed by atoms with Crippen LogP contribution < -0.4 is 5.32 Å². The lowest BCUT2D eigenvalue weighted by Gasteiger charge is -2.43. The minimum absolute atomic E-state index is 0.104. The normalized spacial score (nSPS) is 31.4. The highest BCUT2D eigenvalue weighted by atomic mass is 16.6. The molecule has 0 radical (unpaired) electrons. The summed E-state index contributed by atoms with van der Waals surface area (Å²) in [4.78, 5) is 19.9. The largest absolute Gasteiger partial charge is 0.441 e. The lowest BCUT2D eigenvalue weighted by atomic mass is 9.68. The van der Waals surface area contributed by atoms with Gasteiger partial charge in [-0.05, 0) is 37.2 Å². The van der Waals surface area contributed by atoms with Gasteiger partial charge in [-0.3, -0.25) is 0 Å². The van der Waals surface area contributed by atoms with Crippen LogP contribution in [-0.2, 0) is 11.3 Å². The number of ether oxygens (including phenoxy) is 1. The number of hydrogen-bond acceptors (Lipinski definition) is 4. The van der Waals surface area contributed by atoms with Crippen molar-refractivity contribution in [3.8, 4) is 0 Å². The predicted molar refractivity (Wildman–Crippen MR) is 81.3 cm³/mol. The van der Waals surface area contributed by atoms with Gasteiger partial charge in [-0.2, -0.15) is 0 Å². The molecule has 6 heteroatoms. The molecule has 1 unspecified atom stereocenters. The van der Waals surface area contributed by atoms with Gasteiger partial charge in [0.1, 0.15) is 11.9 Å². The van der Waals surface area contributed by atoms with Crippen molar-refractivity contribution in [1.29, 1.82) is 0 Å². The van der Waals surface area contributed by atoms with Gasteiger partial charge in [-0.1, -0.05) is 6.92 Å². The Labute approximate surface area is 128 Å². The molecule has 1 saturated carbocycles. The van der Waals surface area contributed by atoms with Crippen LogP contribution in [0.4, 0.5) is 4.79 Å². The first kappa shape index (κ1) is 13.5. The Morgan fingerprint density at radius 2 is 2.36 bits per heavy atom. The first-order chi connectivity index (χ1) is 10.6.